The van der Waals surface area contributed by atoms with E-state index in [9.17, 15) is 18.4 Å². The Morgan fingerprint density at radius 1 is 1.16 bits per heavy atom. The second kappa shape index (κ2) is 10.8. The first-order valence-electron chi connectivity index (χ1n) is 11.9. The van der Waals surface area contributed by atoms with Crippen LogP contribution in [0.25, 0.3) is 16.8 Å². The summed E-state index contributed by atoms with van der Waals surface area (Å²) in [5, 5.41) is 14.4. The van der Waals surface area contributed by atoms with Crippen LogP contribution in [0.3, 0.4) is 0 Å². The summed E-state index contributed by atoms with van der Waals surface area (Å²) in [5.74, 6) is -1.74. The summed E-state index contributed by atoms with van der Waals surface area (Å²) >= 11 is 0. The van der Waals surface area contributed by atoms with Crippen molar-refractivity contribution in [3.8, 4) is 16.9 Å². The van der Waals surface area contributed by atoms with E-state index in [1.165, 1.54) is 6.07 Å². The summed E-state index contributed by atoms with van der Waals surface area (Å²) in [5.41, 5.74) is 1.11. The van der Waals surface area contributed by atoms with Gasteiger partial charge in [0.25, 0.3) is 5.91 Å². The summed E-state index contributed by atoms with van der Waals surface area (Å²) in [4.78, 5) is 33.1. The van der Waals surface area contributed by atoms with Gasteiger partial charge in [-0.2, -0.15) is 0 Å². The Balaban J connectivity index is 1.74. The normalized spacial score (nSPS) is 12.7. The Kier molecular flexibility index (Phi) is 7.56. The summed E-state index contributed by atoms with van der Waals surface area (Å²) in [6.45, 7) is 4.80. The number of fused-ring (bicyclic) bond motifs is 1. The van der Waals surface area contributed by atoms with Crippen LogP contribution >= 0.6 is 0 Å². The van der Waals surface area contributed by atoms with E-state index in [1.807, 2.05) is 13.0 Å². The zero-order valence-corrected chi connectivity index (χ0v) is 21.1. The lowest BCUT2D eigenvalue weighted by Gasteiger charge is -2.28. The molecule has 0 aliphatic carbocycles. The maximum Gasteiger partial charge on any atom is 0.405 e. The SMILES string of the molecule is CCC(C)(CNC(=O)c1c(C)nc2c(OCc3c(F)cccc3F)cc(-c3cccnc3)cn12)NC(=O)O. The van der Waals surface area contributed by atoms with Gasteiger partial charge in [-0.3, -0.25) is 14.2 Å². The summed E-state index contributed by atoms with van der Waals surface area (Å²) in [6, 6.07) is 8.81. The van der Waals surface area contributed by atoms with E-state index < -0.39 is 35.8 Å². The highest BCUT2D eigenvalue weighted by Gasteiger charge is 2.27. The number of halogens is 2. The Morgan fingerprint density at radius 2 is 1.89 bits per heavy atom. The first-order chi connectivity index (χ1) is 18.1. The van der Waals surface area contributed by atoms with Crippen molar-refractivity contribution in [3.63, 3.8) is 0 Å². The number of rotatable bonds is 9. The number of benzene rings is 1. The molecule has 38 heavy (non-hydrogen) atoms. The van der Waals surface area contributed by atoms with Crippen LogP contribution in [0.5, 0.6) is 5.75 Å². The van der Waals surface area contributed by atoms with Crippen LogP contribution in [0, 0.1) is 18.6 Å². The second-order valence-electron chi connectivity index (χ2n) is 9.09. The maximum atomic E-state index is 14.2. The number of nitrogens with zero attached hydrogens (tertiary/aromatic N) is 3. The molecule has 0 aliphatic rings. The van der Waals surface area contributed by atoms with Crippen molar-refractivity contribution < 1.29 is 28.2 Å². The fourth-order valence-corrected chi connectivity index (χ4v) is 3.99. The highest BCUT2D eigenvalue weighted by atomic mass is 19.1. The van der Waals surface area contributed by atoms with Gasteiger partial charge in [-0.1, -0.05) is 19.1 Å². The van der Waals surface area contributed by atoms with E-state index in [-0.39, 0.29) is 29.2 Å². The summed E-state index contributed by atoms with van der Waals surface area (Å²) in [6.07, 6.45) is 4.21. The highest BCUT2D eigenvalue weighted by molar-refractivity contribution is 5.95. The van der Waals surface area contributed by atoms with Gasteiger partial charge in [0.15, 0.2) is 11.4 Å². The van der Waals surface area contributed by atoms with Crippen molar-refractivity contribution in [2.45, 2.75) is 39.3 Å². The van der Waals surface area contributed by atoms with E-state index in [0.717, 1.165) is 17.7 Å². The molecule has 0 radical (unpaired) electrons. The van der Waals surface area contributed by atoms with Crippen LogP contribution in [0.2, 0.25) is 0 Å². The number of pyridine rings is 2. The van der Waals surface area contributed by atoms with Crippen LogP contribution in [-0.2, 0) is 6.61 Å². The van der Waals surface area contributed by atoms with E-state index in [1.54, 1.807) is 49.0 Å². The van der Waals surface area contributed by atoms with Gasteiger partial charge in [-0.25, -0.2) is 18.6 Å². The van der Waals surface area contributed by atoms with Crippen molar-refractivity contribution in [2.24, 2.45) is 0 Å². The number of ether oxygens (including phenoxy) is 1. The standard InChI is InChI=1S/C27H27F2N5O4/c1-4-27(3,33-26(36)37)15-31-25(35)23-16(2)32-24-22(38-14-19-20(28)8-5-9-21(19)29)11-18(13-34(23)24)17-7-6-10-30-12-17/h5-13,33H,4,14-15H2,1-3H3,(H,31,35)(H,36,37). The molecular weight excluding hydrogens is 496 g/mol. The van der Waals surface area contributed by atoms with Gasteiger partial charge in [-0.15, -0.1) is 0 Å². The first-order valence-corrected chi connectivity index (χ1v) is 11.9. The number of amides is 2. The van der Waals surface area contributed by atoms with Gasteiger partial charge in [-0.05, 0) is 44.5 Å². The number of hydrogen-bond acceptors (Lipinski definition) is 5. The molecule has 0 spiro atoms. The lowest BCUT2D eigenvalue weighted by molar-refractivity contribution is 0.0930. The smallest absolute Gasteiger partial charge is 0.405 e. The van der Waals surface area contributed by atoms with Gasteiger partial charge >= 0.3 is 6.09 Å². The number of carboxylic acid groups (broad SMARTS) is 1. The molecule has 0 fully saturated rings. The minimum absolute atomic E-state index is 0.0412. The van der Waals surface area contributed by atoms with E-state index in [2.05, 4.69) is 20.6 Å². The Morgan fingerprint density at radius 3 is 2.53 bits per heavy atom. The van der Waals surface area contributed by atoms with Crippen molar-refractivity contribution >= 4 is 17.6 Å². The van der Waals surface area contributed by atoms with Crippen molar-refractivity contribution in [1.29, 1.82) is 0 Å². The third kappa shape index (κ3) is 5.56. The van der Waals surface area contributed by atoms with Gasteiger partial charge in [0.1, 0.15) is 23.9 Å². The molecule has 0 bridgehead atoms. The lowest BCUT2D eigenvalue weighted by atomic mass is 9.99. The average Bonchev–Trinajstić information content (AvgIpc) is 3.23. The van der Waals surface area contributed by atoms with Crippen LogP contribution in [-0.4, -0.2) is 43.6 Å². The Labute approximate surface area is 217 Å². The number of imidazole rings is 1. The van der Waals surface area contributed by atoms with Gasteiger partial charge in [0, 0.05) is 36.3 Å². The van der Waals surface area contributed by atoms with Crippen LogP contribution in [0.1, 0.15) is 42.0 Å². The molecule has 1 aromatic carbocycles. The molecule has 0 saturated heterocycles. The van der Waals surface area contributed by atoms with E-state index in [0.29, 0.717) is 17.7 Å². The molecule has 4 aromatic rings. The number of hydrogen-bond donors (Lipinski definition) is 3. The number of nitrogens with one attached hydrogen (secondary N) is 2. The molecule has 2 amide bonds. The summed E-state index contributed by atoms with van der Waals surface area (Å²) < 4.78 is 35.9. The predicted octanol–water partition coefficient (Wildman–Crippen LogP) is 4.73. The van der Waals surface area contributed by atoms with E-state index >= 15 is 0 Å². The van der Waals surface area contributed by atoms with Gasteiger partial charge in [0.05, 0.1) is 16.8 Å². The zero-order valence-electron chi connectivity index (χ0n) is 21.1. The molecule has 198 valence electrons. The molecule has 3 heterocycles. The lowest BCUT2D eigenvalue weighted by Crippen LogP contribution is -2.52. The minimum Gasteiger partial charge on any atom is -0.485 e. The molecule has 0 saturated carbocycles. The number of aryl methyl sites for hydroxylation is 1. The number of carbonyl (C=O) groups excluding carboxylic acids is 1. The number of carbonyl (C=O) groups is 2. The third-order valence-corrected chi connectivity index (χ3v) is 6.33. The fraction of sp³-hybridized carbons (Fsp3) is 0.259. The monoisotopic (exact) mass is 523 g/mol. The molecule has 3 aromatic heterocycles. The molecule has 1 unspecified atom stereocenters. The molecule has 4 rings (SSSR count). The first kappa shape index (κ1) is 26.5. The fourth-order valence-electron chi connectivity index (χ4n) is 3.99. The maximum absolute atomic E-state index is 14.2. The molecule has 0 aliphatic heterocycles. The number of aromatic nitrogens is 3. The average molecular weight is 524 g/mol. The minimum atomic E-state index is -1.19. The van der Waals surface area contributed by atoms with Crippen molar-refractivity contribution in [3.05, 3.63) is 83.6 Å². The quantitative estimate of drug-likeness (QED) is 0.292. The second-order valence-corrected chi connectivity index (χ2v) is 9.09. The Bertz CT molecular complexity index is 1470. The van der Waals surface area contributed by atoms with Crippen molar-refractivity contribution in [2.75, 3.05) is 6.54 Å². The van der Waals surface area contributed by atoms with Crippen molar-refractivity contribution in [1.82, 2.24) is 25.0 Å². The topological polar surface area (TPSA) is 118 Å². The summed E-state index contributed by atoms with van der Waals surface area (Å²) in [7, 11) is 0. The van der Waals surface area contributed by atoms with E-state index in [4.69, 9.17) is 9.84 Å². The van der Waals surface area contributed by atoms with Gasteiger partial charge in [0.2, 0.25) is 0 Å². The molecule has 9 nitrogen and oxygen atoms in total. The van der Waals surface area contributed by atoms with Crippen LogP contribution < -0.4 is 15.4 Å². The van der Waals surface area contributed by atoms with Crippen LogP contribution in [0.4, 0.5) is 13.6 Å². The molecular formula is C27H27F2N5O4. The van der Waals surface area contributed by atoms with Gasteiger partial charge < -0.3 is 20.5 Å². The molecule has 1 atom stereocenters. The predicted molar refractivity (Wildman–Crippen MR) is 136 cm³/mol. The largest absolute Gasteiger partial charge is 0.485 e. The third-order valence-electron chi connectivity index (χ3n) is 6.33. The zero-order chi connectivity index (χ0) is 27.4. The highest BCUT2D eigenvalue weighted by Crippen LogP contribution is 2.30. The Hall–Kier alpha value is -4.54. The van der Waals surface area contributed by atoms with Crippen LogP contribution in [0.15, 0.2) is 55.0 Å². The molecule has 3 N–H and O–H groups in total. The molecule has 11 heteroatoms.